The van der Waals surface area contributed by atoms with Gasteiger partial charge >= 0.3 is 0 Å². The third-order valence-corrected chi connectivity index (χ3v) is 4.36. The van der Waals surface area contributed by atoms with E-state index in [2.05, 4.69) is 0 Å². The Kier molecular flexibility index (Phi) is 3.47. The Bertz CT molecular complexity index is 538. The molecule has 0 unspecified atom stereocenters. The van der Waals surface area contributed by atoms with Crippen molar-refractivity contribution >= 4 is 5.91 Å². The van der Waals surface area contributed by atoms with Crippen LogP contribution in [0.15, 0.2) is 36.2 Å². The summed E-state index contributed by atoms with van der Waals surface area (Å²) in [5.74, 6) is 0.938. The molecule has 2 heterocycles. The lowest BCUT2D eigenvalue weighted by Gasteiger charge is -2.46. The number of carbonyl (C=O) groups is 1. The number of fused-ring (bicyclic) bond motifs is 3. The quantitative estimate of drug-likeness (QED) is 0.848. The average Bonchev–Trinajstić information content (AvgIpc) is 2.51. The molecule has 0 spiro atoms. The monoisotopic (exact) mass is 275 g/mol. The molecule has 4 rings (SSSR count). The average molecular weight is 275 g/mol. The Morgan fingerprint density at radius 2 is 2.10 bits per heavy atom. The number of methoxy groups -OCH3 is 1. The number of ether oxygens (including phenoxy) is 1. The molecule has 20 heavy (non-hydrogen) atoms. The number of carbonyl (C=O) groups excluding carboxylic acids is 1. The zero-order valence-corrected chi connectivity index (χ0v) is 11.5. The standard InChI is InChI=1S/C16H18FNO2/c1-20-14-5-2-11(3-6-14)10-18-15-7-4-12(16(18)19)8-13(15)9-17/h2-3,5-6,9,12,15H,4,7-8,10H2,1H3/b13-9-/t12-,15-/m0/s1. The molecule has 3 nitrogen and oxygen atoms in total. The van der Waals surface area contributed by atoms with Crippen molar-refractivity contribution in [1.29, 1.82) is 0 Å². The Morgan fingerprint density at radius 1 is 1.35 bits per heavy atom. The molecule has 0 aromatic heterocycles. The van der Waals surface area contributed by atoms with Crippen molar-refractivity contribution in [3.63, 3.8) is 0 Å². The Balaban J connectivity index is 1.80. The van der Waals surface area contributed by atoms with Gasteiger partial charge in [-0.15, -0.1) is 0 Å². The number of rotatable bonds is 3. The molecule has 1 amide bonds. The first kappa shape index (κ1) is 13.2. The second-order valence-corrected chi connectivity index (χ2v) is 5.49. The van der Waals surface area contributed by atoms with Crippen LogP contribution in [0.4, 0.5) is 4.39 Å². The summed E-state index contributed by atoms with van der Waals surface area (Å²) in [5.41, 5.74) is 1.82. The van der Waals surface area contributed by atoms with Crippen molar-refractivity contribution in [2.45, 2.75) is 31.8 Å². The summed E-state index contributed by atoms with van der Waals surface area (Å²) in [6.45, 7) is 0.543. The van der Waals surface area contributed by atoms with Crippen LogP contribution in [0.5, 0.6) is 5.75 Å². The van der Waals surface area contributed by atoms with Crippen LogP contribution in [0.25, 0.3) is 0 Å². The first-order valence-electron chi connectivity index (χ1n) is 6.95. The summed E-state index contributed by atoms with van der Waals surface area (Å²) in [7, 11) is 1.63. The number of nitrogens with zero attached hydrogens (tertiary/aromatic N) is 1. The fourth-order valence-electron chi connectivity index (χ4n) is 3.25. The van der Waals surface area contributed by atoms with Crippen LogP contribution in [-0.2, 0) is 11.3 Å². The normalized spacial score (nSPS) is 27.2. The number of hydrogen-bond donors (Lipinski definition) is 0. The lowest BCUT2D eigenvalue weighted by Crippen LogP contribution is -2.52. The van der Waals surface area contributed by atoms with Gasteiger partial charge in [0.05, 0.1) is 19.5 Å². The predicted octanol–water partition coefficient (Wildman–Crippen LogP) is 3.06. The van der Waals surface area contributed by atoms with Gasteiger partial charge in [-0.2, -0.15) is 0 Å². The molecule has 106 valence electrons. The lowest BCUT2D eigenvalue weighted by atomic mass is 9.76. The van der Waals surface area contributed by atoms with Gasteiger partial charge in [0.2, 0.25) is 5.91 Å². The first-order chi connectivity index (χ1) is 9.72. The maximum atomic E-state index is 13.0. The first-order valence-corrected chi connectivity index (χ1v) is 6.95. The van der Waals surface area contributed by atoms with Crippen molar-refractivity contribution < 1.29 is 13.9 Å². The van der Waals surface area contributed by atoms with Gasteiger partial charge in [-0.25, -0.2) is 4.39 Å². The molecule has 0 radical (unpaired) electrons. The van der Waals surface area contributed by atoms with E-state index < -0.39 is 0 Å². The summed E-state index contributed by atoms with van der Waals surface area (Å²) in [6, 6.07) is 7.61. The van der Waals surface area contributed by atoms with E-state index in [-0.39, 0.29) is 17.9 Å². The minimum Gasteiger partial charge on any atom is -0.497 e. The van der Waals surface area contributed by atoms with Crippen LogP contribution in [0.1, 0.15) is 24.8 Å². The van der Waals surface area contributed by atoms with Gasteiger partial charge in [0, 0.05) is 12.5 Å². The highest BCUT2D eigenvalue weighted by Gasteiger charge is 2.43. The van der Waals surface area contributed by atoms with Gasteiger partial charge in [-0.1, -0.05) is 12.1 Å². The molecule has 2 atom stereocenters. The molecule has 4 heteroatoms. The topological polar surface area (TPSA) is 29.5 Å². The highest BCUT2D eigenvalue weighted by Crippen LogP contribution is 2.40. The maximum Gasteiger partial charge on any atom is 0.226 e. The summed E-state index contributed by atoms with van der Waals surface area (Å²) in [5, 5.41) is 0. The largest absolute Gasteiger partial charge is 0.497 e. The van der Waals surface area contributed by atoms with Gasteiger partial charge in [0.15, 0.2) is 0 Å². The molecule has 2 saturated heterocycles. The summed E-state index contributed by atoms with van der Waals surface area (Å²) in [4.78, 5) is 14.2. The summed E-state index contributed by atoms with van der Waals surface area (Å²) in [6.07, 6.45) is 3.06. The van der Waals surface area contributed by atoms with Gasteiger partial charge in [-0.05, 0) is 42.5 Å². The second-order valence-electron chi connectivity index (χ2n) is 5.49. The van der Waals surface area contributed by atoms with Crippen molar-refractivity contribution in [3.8, 4) is 5.75 Å². The third-order valence-electron chi connectivity index (χ3n) is 4.36. The van der Waals surface area contributed by atoms with Crippen LogP contribution in [-0.4, -0.2) is 24.0 Å². The smallest absolute Gasteiger partial charge is 0.226 e. The van der Waals surface area contributed by atoms with E-state index in [1.54, 1.807) is 7.11 Å². The van der Waals surface area contributed by atoms with E-state index in [4.69, 9.17) is 4.74 Å². The van der Waals surface area contributed by atoms with Crippen molar-refractivity contribution in [1.82, 2.24) is 4.90 Å². The van der Waals surface area contributed by atoms with Gasteiger partial charge in [0.1, 0.15) is 5.75 Å². The van der Waals surface area contributed by atoms with Crippen molar-refractivity contribution in [3.05, 3.63) is 41.7 Å². The van der Waals surface area contributed by atoms with Crippen LogP contribution in [0.2, 0.25) is 0 Å². The molecule has 1 aromatic carbocycles. The van der Waals surface area contributed by atoms with E-state index in [9.17, 15) is 9.18 Å². The van der Waals surface area contributed by atoms with Crippen LogP contribution < -0.4 is 4.74 Å². The third kappa shape index (κ3) is 2.19. The van der Waals surface area contributed by atoms with E-state index in [1.807, 2.05) is 29.2 Å². The molecular weight excluding hydrogens is 257 g/mol. The molecule has 3 fully saturated rings. The molecular formula is C16H18FNO2. The number of hydrogen-bond acceptors (Lipinski definition) is 2. The minimum atomic E-state index is -0.0559. The van der Waals surface area contributed by atoms with Gasteiger partial charge < -0.3 is 9.64 Å². The van der Waals surface area contributed by atoms with Crippen LogP contribution in [0, 0.1) is 5.92 Å². The number of piperidine rings is 2. The van der Waals surface area contributed by atoms with E-state index >= 15 is 0 Å². The summed E-state index contributed by atoms with van der Waals surface area (Å²) < 4.78 is 18.1. The highest BCUT2D eigenvalue weighted by molar-refractivity contribution is 5.82. The van der Waals surface area contributed by atoms with Crippen molar-refractivity contribution in [2.24, 2.45) is 5.92 Å². The molecule has 1 saturated carbocycles. The molecule has 1 aromatic rings. The predicted molar refractivity (Wildman–Crippen MR) is 73.9 cm³/mol. The Hall–Kier alpha value is -1.84. The Morgan fingerprint density at radius 3 is 2.75 bits per heavy atom. The van der Waals surface area contributed by atoms with Gasteiger partial charge in [-0.3, -0.25) is 4.79 Å². The second kappa shape index (κ2) is 5.27. The zero-order valence-electron chi connectivity index (χ0n) is 11.5. The molecule has 3 aliphatic rings. The summed E-state index contributed by atoms with van der Waals surface area (Å²) >= 11 is 0. The Labute approximate surface area is 118 Å². The number of amides is 1. The van der Waals surface area contributed by atoms with Crippen molar-refractivity contribution in [2.75, 3.05) is 7.11 Å². The molecule has 1 aliphatic carbocycles. The zero-order chi connectivity index (χ0) is 14.1. The van der Waals surface area contributed by atoms with Crippen LogP contribution >= 0.6 is 0 Å². The van der Waals surface area contributed by atoms with Crippen LogP contribution in [0.3, 0.4) is 0 Å². The van der Waals surface area contributed by atoms with Gasteiger partial charge in [0.25, 0.3) is 0 Å². The molecule has 0 N–H and O–H groups in total. The van der Waals surface area contributed by atoms with E-state index in [0.29, 0.717) is 19.3 Å². The number of benzene rings is 1. The molecule has 2 aliphatic heterocycles. The number of halogens is 1. The fraction of sp³-hybridized carbons (Fsp3) is 0.438. The maximum absolute atomic E-state index is 13.0. The van der Waals surface area contributed by atoms with E-state index in [0.717, 1.165) is 29.7 Å². The minimum absolute atomic E-state index is 0.0275. The highest BCUT2D eigenvalue weighted by atomic mass is 19.1. The SMILES string of the molecule is COc1ccc(CN2C(=O)[C@H]3CC[C@H]2/C(=C\F)C3)cc1. The fourth-order valence-corrected chi connectivity index (χ4v) is 3.25. The lowest BCUT2D eigenvalue weighted by molar-refractivity contribution is -0.144. The molecule has 2 bridgehead atoms. The van der Waals surface area contributed by atoms with E-state index in [1.165, 1.54) is 0 Å².